The number of Topliss-reactive ketones (excluding diaryl/α,β-unsaturated/α-hetero) is 1. The third-order valence-corrected chi connectivity index (χ3v) is 3.52. The maximum Gasteiger partial charge on any atom is 0.296 e. The normalized spacial score (nSPS) is 13.2. The SMILES string of the molecule is Nc1cc(=O)[nH]c(Sc2ccc3c(c2)NC(=O)C3=O)n1. The maximum atomic E-state index is 11.5. The molecule has 0 spiro atoms. The van der Waals surface area contributed by atoms with Crippen molar-refractivity contribution in [3.8, 4) is 0 Å². The molecule has 7 nitrogen and oxygen atoms in total. The van der Waals surface area contributed by atoms with E-state index in [4.69, 9.17) is 5.73 Å². The summed E-state index contributed by atoms with van der Waals surface area (Å²) in [5.41, 5.74) is 5.95. The summed E-state index contributed by atoms with van der Waals surface area (Å²) in [5.74, 6) is -1.06. The number of nitrogens with one attached hydrogen (secondary N) is 2. The van der Waals surface area contributed by atoms with Gasteiger partial charge in [-0.25, -0.2) is 4.98 Å². The summed E-state index contributed by atoms with van der Waals surface area (Å²) in [7, 11) is 0. The molecular formula is C12H8N4O3S. The van der Waals surface area contributed by atoms with Crippen LogP contribution in [-0.4, -0.2) is 21.7 Å². The number of carbonyl (C=O) groups is 2. The number of fused-ring (bicyclic) bond motifs is 1. The molecular weight excluding hydrogens is 280 g/mol. The van der Waals surface area contributed by atoms with Crippen LogP contribution < -0.4 is 16.6 Å². The van der Waals surface area contributed by atoms with Gasteiger partial charge in [-0.2, -0.15) is 0 Å². The molecule has 2 aromatic rings. The third kappa shape index (κ3) is 2.16. The lowest BCUT2D eigenvalue weighted by atomic mass is 10.1. The number of nitrogens with two attached hydrogens (primary N) is 1. The van der Waals surface area contributed by atoms with E-state index >= 15 is 0 Å². The van der Waals surface area contributed by atoms with E-state index < -0.39 is 11.7 Å². The molecule has 1 aliphatic heterocycles. The number of H-pyrrole nitrogens is 1. The number of benzene rings is 1. The highest BCUT2D eigenvalue weighted by Gasteiger charge is 2.27. The molecule has 1 aliphatic rings. The lowest BCUT2D eigenvalue weighted by Crippen LogP contribution is -2.12. The number of carbonyl (C=O) groups excluding carboxylic acids is 2. The summed E-state index contributed by atoms with van der Waals surface area (Å²) in [4.78, 5) is 41.2. The number of amides is 1. The summed E-state index contributed by atoms with van der Waals surface area (Å²) >= 11 is 1.18. The molecule has 20 heavy (non-hydrogen) atoms. The van der Waals surface area contributed by atoms with E-state index in [1.54, 1.807) is 18.2 Å². The number of rotatable bonds is 2. The summed E-state index contributed by atoms with van der Waals surface area (Å²) in [6.07, 6.45) is 0. The number of hydrogen-bond acceptors (Lipinski definition) is 6. The molecule has 1 amide bonds. The van der Waals surface area contributed by atoms with Gasteiger partial charge in [0, 0.05) is 11.0 Å². The predicted octanol–water partition coefficient (Wildman–Crippen LogP) is 0.638. The number of aromatic nitrogens is 2. The standard InChI is InChI=1S/C12H8N4O3S/c13-8-4-9(17)16-12(15-8)20-5-1-2-6-7(3-5)14-11(19)10(6)18/h1-4H,(H,14,18,19)(H3,13,15,16,17). The third-order valence-electron chi connectivity index (χ3n) is 2.64. The molecule has 100 valence electrons. The van der Waals surface area contributed by atoms with Crippen molar-refractivity contribution < 1.29 is 9.59 Å². The Kier molecular flexibility index (Phi) is 2.79. The van der Waals surface area contributed by atoms with Crippen molar-refractivity contribution in [1.82, 2.24) is 9.97 Å². The van der Waals surface area contributed by atoms with Crippen molar-refractivity contribution in [2.45, 2.75) is 10.1 Å². The zero-order valence-electron chi connectivity index (χ0n) is 9.97. The highest BCUT2D eigenvalue weighted by Crippen LogP contribution is 2.31. The van der Waals surface area contributed by atoms with E-state index in [0.717, 1.165) is 0 Å². The second kappa shape index (κ2) is 4.49. The lowest BCUT2D eigenvalue weighted by Gasteiger charge is -2.03. The fraction of sp³-hybridized carbons (Fsp3) is 0. The summed E-state index contributed by atoms with van der Waals surface area (Å²) in [6, 6.07) is 6.06. The summed E-state index contributed by atoms with van der Waals surface area (Å²) in [5, 5.41) is 2.82. The van der Waals surface area contributed by atoms with Crippen LogP contribution in [0, 0.1) is 0 Å². The van der Waals surface area contributed by atoms with Crippen LogP contribution in [0.4, 0.5) is 11.5 Å². The van der Waals surface area contributed by atoms with Gasteiger partial charge in [-0.1, -0.05) is 11.8 Å². The van der Waals surface area contributed by atoms with Crippen molar-refractivity contribution in [2.75, 3.05) is 11.1 Å². The average molecular weight is 288 g/mol. The molecule has 8 heteroatoms. The molecule has 0 unspecified atom stereocenters. The number of nitrogens with zero attached hydrogens (tertiary/aromatic N) is 1. The summed E-state index contributed by atoms with van der Waals surface area (Å²) < 4.78 is 0. The van der Waals surface area contributed by atoms with Crippen LogP contribution in [0.25, 0.3) is 0 Å². The largest absolute Gasteiger partial charge is 0.383 e. The van der Waals surface area contributed by atoms with Crippen LogP contribution in [0.5, 0.6) is 0 Å². The first kappa shape index (κ1) is 12.4. The van der Waals surface area contributed by atoms with Crippen LogP contribution in [0.1, 0.15) is 10.4 Å². The van der Waals surface area contributed by atoms with Crippen molar-refractivity contribution >= 4 is 35.0 Å². The zero-order chi connectivity index (χ0) is 14.3. The predicted molar refractivity (Wildman–Crippen MR) is 72.8 cm³/mol. The van der Waals surface area contributed by atoms with Gasteiger partial charge >= 0.3 is 0 Å². The first-order valence-electron chi connectivity index (χ1n) is 5.57. The number of aromatic amines is 1. The second-order valence-electron chi connectivity index (χ2n) is 4.07. The Morgan fingerprint density at radius 1 is 1.15 bits per heavy atom. The molecule has 4 N–H and O–H groups in total. The van der Waals surface area contributed by atoms with Crippen molar-refractivity contribution in [2.24, 2.45) is 0 Å². The van der Waals surface area contributed by atoms with Gasteiger partial charge in [-0.05, 0) is 18.2 Å². The van der Waals surface area contributed by atoms with Crippen LogP contribution in [0.3, 0.4) is 0 Å². The fourth-order valence-electron chi connectivity index (χ4n) is 1.80. The van der Waals surface area contributed by atoms with Crippen LogP contribution in [0.15, 0.2) is 39.1 Å². The molecule has 3 rings (SSSR count). The summed E-state index contributed by atoms with van der Waals surface area (Å²) in [6.45, 7) is 0. The minimum absolute atomic E-state index is 0.126. The van der Waals surface area contributed by atoms with E-state index in [1.165, 1.54) is 17.8 Å². The Bertz CT molecular complexity index is 800. The molecule has 0 atom stereocenters. The molecule has 0 aliphatic carbocycles. The van der Waals surface area contributed by atoms with Crippen LogP contribution in [-0.2, 0) is 4.79 Å². The minimum Gasteiger partial charge on any atom is -0.383 e. The number of anilines is 2. The Balaban J connectivity index is 1.93. The Labute approximate surface area is 116 Å². The van der Waals surface area contributed by atoms with Gasteiger partial charge in [0.15, 0.2) is 5.16 Å². The number of hydrogen-bond donors (Lipinski definition) is 3. The van der Waals surface area contributed by atoms with Gasteiger partial charge in [-0.15, -0.1) is 0 Å². The van der Waals surface area contributed by atoms with Crippen molar-refractivity contribution in [3.63, 3.8) is 0 Å². The van der Waals surface area contributed by atoms with E-state index in [0.29, 0.717) is 21.3 Å². The molecule has 0 bridgehead atoms. The first-order chi connectivity index (χ1) is 9.52. The Morgan fingerprint density at radius 3 is 2.70 bits per heavy atom. The van der Waals surface area contributed by atoms with Gasteiger partial charge in [0.25, 0.3) is 17.2 Å². The highest BCUT2D eigenvalue weighted by atomic mass is 32.2. The number of nitrogen functional groups attached to an aromatic ring is 1. The molecule has 2 heterocycles. The monoisotopic (exact) mass is 288 g/mol. The average Bonchev–Trinajstić information content (AvgIpc) is 2.63. The van der Waals surface area contributed by atoms with Gasteiger partial charge in [0.2, 0.25) is 0 Å². The first-order valence-corrected chi connectivity index (χ1v) is 6.39. The molecule has 0 fully saturated rings. The van der Waals surface area contributed by atoms with E-state index in [9.17, 15) is 14.4 Å². The lowest BCUT2D eigenvalue weighted by molar-refractivity contribution is -0.112. The minimum atomic E-state index is -0.641. The van der Waals surface area contributed by atoms with Crippen LogP contribution >= 0.6 is 11.8 Å². The second-order valence-corrected chi connectivity index (χ2v) is 5.13. The molecule has 0 radical (unpaired) electrons. The van der Waals surface area contributed by atoms with Crippen molar-refractivity contribution in [1.29, 1.82) is 0 Å². The molecule has 1 aromatic heterocycles. The van der Waals surface area contributed by atoms with Gasteiger partial charge in [-0.3, -0.25) is 14.4 Å². The zero-order valence-corrected chi connectivity index (χ0v) is 10.8. The smallest absolute Gasteiger partial charge is 0.296 e. The van der Waals surface area contributed by atoms with E-state index in [1.807, 2.05) is 0 Å². The highest BCUT2D eigenvalue weighted by molar-refractivity contribution is 7.99. The maximum absolute atomic E-state index is 11.5. The topological polar surface area (TPSA) is 118 Å². The molecule has 0 saturated carbocycles. The number of ketones is 1. The van der Waals surface area contributed by atoms with Gasteiger partial charge in [0.05, 0.1) is 11.3 Å². The van der Waals surface area contributed by atoms with Gasteiger partial charge in [0.1, 0.15) is 5.82 Å². The molecule has 0 saturated heterocycles. The van der Waals surface area contributed by atoms with E-state index in [-0.39, 0.29) is 11.4 Å². The van der Waals surface area contributed by atoms with Crippen molar-refractivity contribution in [3.05, 3.63) is 40.2 Å². The van der Waals surface area contributed by atoms with E-state index in [2.05, 4.69) is 15.3 Å². The Hall–Kier alpha value is -2.61. The molecule has 1 aromatic carbocycles. The quantitative estimate of drug-likeness (QED) is 0.551. The van der Waals surface area contributed by atoms with Crippen LogP contribution in [0.2, 0.25) is 0 Å². The van der Waals surface area contributed by atoms with Gasteiger partial charge < -0.3 is 16.0 Å². The Morgan fingerprint density at radius 2 is 1.95 bits per heavy atom. The fourth-order valence-corrected chi connectivity index (χ4v) is 2.64.